The zero-order chi connectivity index (χ0) is 12.2. The second kappa shape index (κ2) is 5.27. The molecule has 0 aliphatic heterocycles. The van der Waals surface area contributed by atoms with Crippen LogP contribution in [0.4, 0.5) is 0 Å². The summed E-state index contributed by atoms with van der Waals surface area (Å²) in [4.78, 5) is 1.68. The van der Waals surface area contributed by atoms with Crippen molar-refractivity contribution in [3.05, 3.63) is 30.3 Å². The fourth-order valence-corrected chi connectivity index (χ4v) is 1.85. The van der Waals surface area contributed by atoms with Gasteiger partial charge in [0.05, 0.1) is 6.54 Å². The number of aryl methyl sites for hydroxylation is 1. The van der Waals surface area contributed by atoms with Crippen molar-refractivity contribution >= 4 is 0 Å². The highest BCUT2D eigenvalue weighted by Crippen LogP contribution is 2.18. The molecule has 5 heteroatoms. The monoisotopic (exact) mass is 243 g/mol. The number of benzene rings is 1. The Labute approximate surface area is 106 Å². The van der Waals surface area contributed by atoms with E-state index in [0.29, 0.717) is 5.82 Å². The highest BCUT2D eigenvalue weighted by molar-refractivity contribution is 5.52. The Bertz CT molecular complexity index is 489. The molecule has 0 amide bonds. The lowest BCUT2D eigenvalue weighted by Crippen LogP contribution is -2.19. The van der Waals surface area contributed by atoms with Gasteiger partial charge in [-0.1, -0.05) is 30.3 Å². The zero-order valence-corrected chi connectivity index (χ0v) is 10.3. The second-order valence-electron chi connectivity index (χ2n) is 4.66. The van der Waals surface area contributed by atoms with Crippen molar-refractivity contribution in [2.24, 2.45) is 0 Å². The van der Waals surface area contributed by atoms with Crippen LogP contribution < -0.4 is 5.32 Å². The van der Waals surface area contributed by atoms with Crippen LogP contribution >= 0.6 is 0 Å². The molecule has 0 unspecified atom stereocenters. The summed E-state index contributed by atoms with van der Waals surface area (Å²) in [6.07, 6.45) is 3.71. The van der Waals surface area contributed by atoms with Crippen molar-refractivity contribution in [1.82, 2.24) is 25.5 Å². The average molecular weight is 243 g/mol. The fourth-order valence-electron chi connectivity index (χ4n) is 1.85. The molecule has 0 atom stereocenters. The maximum atomic E-state index is 4.38. The van der Waals surface area contributed by atoms with Gasteiger partial charge in [-0.15, -0.1) is 10.2 Å². The van der Waals surface area contributed by atoms with E-state index >= 15 is 0 Å². The lowest BCUT2D eigenvalue weighted by atomic mass is 10.2. The van der Waals surface area contributed by atoms with E-state index in [1.807, 2.05) is 30.3 Å². The second-order valence-corrected chi connectivity index (χ2v) is 4.66. The number of hydrogen-bond donors (Lipinski definition) is 1. The van der Waals surface area contributed by atoms with Crippen molar-refractivity contribution in [2.75, 3.05) is 6.54 Å². The van der Waals surface area contributed by atoms with Gasteiger partial charge >= 0.3 is 0 Å². The highest BCUT2D eigenvalue weighted by Gasteiger charge is 2.19. The van der Waals surface area contributed by atoms with E-state index in [1.54, 1.807) is 4.80 Å². The van der Waals surface area contributed by atoms with Crippen molar-refractivity contribution in [1.29, 1.82) is 0 Å². The highest BCUT2D eigenvalue weighted by atomic mass is 15.6. The number of hydrogen-bond acceptors (Lipinski definition) is 4. The van der Waals surface area contributed by atoms with E-state index in [-0.39, 0.29) is 0 Å². The lowest BCUT2D eigenvalue weighted by Gasteiger charge is -2.00. The van der Waals surface area contributed by atoms with E-state index in [1.165, 1.54) is 12.8 Å². The number of rotatable bonds is 6. The topological polar surface area (TPSA) is 55.6 Å². The van der Waals surface area contributed by atoms with Gasteiger partial charge in [-0.3, -0.25) is 0 Å². The number of aromatic nitrogens is 4. The van der Waals surface area contributed by atoms with E-state index in [0.717, 1.165) is 31.1 Å². The first-order valence-electron chi connectivity index (χ1n) is 6.48. The van der Waals surface area contributed by atoms with E-state index in [4.69, 9.17) is 0 Å². The van der Waals surface area contributed by atoms with Gasteiger partial charge in [0.1, 0.15) is 0 Å². The van der Waals surface area contributed by atoms with Crippen LogP contribution in [0.25, 0.3) is 11.4 Å². The summed E-state index contributed by atoms with van der Waals surface area (Å²) in [5, 5.41) is 16.0. The minimum Gasteiger partial charge on any atom is -0.314 e. The predicted octanol–water partition coefficient (Wildman–Crippen LogP) is 1.48. The number of nitrogens with zero attached hydrogens (tertiary/aromatic N) is 4. The molecule has 5 nitrogen and oxygen atoms in total. The number of tetrazole rings is 1. The van der Waals surface area contributed by atoms with E-state index in [2.05, 4.69) is 20.7 Å². The molecule has 1 aliphatic rings. The molecule has 1 saturated carbocycles. The van der Waals surface area contributed by atoms with Crippen LogP contribution in [-0.2, 0) is 6.54 Å². The molecular formula is C13H17N5. The first-order valence-corrected chi connectivity index (χ1v) is 6.48. The van der Waals surface area contributed by atoms with Gasteiger partial charge in [0, 0.05) is 11.6 Å². The average Bonchev–Trinajstić information content (AvgIpc) is 3.12. The summed E-state index contributed by atoms with van der Waals surface area (Å²) < 4.78 is 0. The van der Waals surface area contributed by atoms with Crippen molar-refractivity contribution in [3.63, 3.8) is 0 Å². The zero-order valence-electron chi connectivity index (χ0n) is 10.3. The summed E-state index contributed by atoms with van der Waals surface area (Å²) in [6, 6.07) is 10.7. The Morgan fingerprint density at radius 2 is 2.06 bits per heavy atom. The minimum atomic E-state index is 0.700. The van der Waals surface area contributed by atoms with Crippen LogP contribution in [0.1, 0.15) is 19.3 Å². The van der Waals surface area contributed by atoms with Crippen LogP contribution in [0.2, 0.25) is 0 Å². The lowest BCUT2D eigenvalue weighted by molar-refractivity contribution is 0.483. The molecule has 1 aromatic carbocycles. The van der Waals surface area contributed by atoms with Crippen LogP contribution in [-0.4, -0.2) is 32.8 Å². The molecule has 1 fully saturated rings. The largest absolute Gasteiger partial charge is 0.314 e. The summed E-state index contributed by atoms with van der Waals surface area (Å²) in [5.41, 5.74) is 1.01. The first-order chi connectivity index (χ1) is 8.92. The molecule has 94 valence electrons. The van der Waals surface area contributed by atoms with Crippen LogP contribution in [0.3, 0.4) is 0 Å². The van der Waals surface area contributed by atoms with Crippen LogP contribution in [0, 0.1) is 0 Å². The smallest absolute Gasteiger partial charge is 0.204 e. The Morgan fingerprint density at radius 1 is 1.22 bits per heavy atom. The quantitative estimate of drug-likeness (QED) is 0.781. The first kappa shape index (κ1) is 11.3. The minimum absolute atomic E-state index is 0.700. The molecule has 1 aliphatic carbocycles. The van der Waals surface area contributed by atoms with Crippen LogP contribution in [0.5, 0.6) is 0 Å². The molecule has 0 saturated heterocycles. The summed E-state index contributed by atoms with van der Waals surface area (Å²) in [5.74, 6) is 0.700. The third-order valence-electron chi connectivity index (χ3n) is 3.03. The Morgan fingerprint density at radius 3 is 2.83 bits per heavy atom. The maximum Gasteiger partial charge on any atom is 0.204 e. The van der Waals surface area contributed by atoms with Gasteiger partial charge in [-0.05, 0) is 31.0 Å². The van der Waals surface area contributed by atoms with Gasteiger partial charge in [0.15, 0.2) is 0 Å². The molecule has 0 spiro atoms. The van der Waals surface area contributed by atoms with Crippen LogP contribution in [0.15, 0.2) is 30.3 Å². The molecule has 1 aromatic heterocycles. The summed E-state index contributed by atoms with van der Waals surface area (Å²) in [6.45, 7) is 1.85. The summed E-state index contributed by atoms with van der Waals surface area (Å²) in [7, 11) is 0. The Balaban J connectivity index is 1.52. The maximum absolute atomic E-state index is 4.38. The van der Waals surface area contributed by atoms with Crippen molar-refractivity contribution < 1.29 is 0 Å². The van der Waals surface area contributed by atoms with E-state index < -0.39 is 0 Å². The fraction of sp³-hybridized carbons (Fsp3) is 0.462. The summed E-state index contributed by atoms with van der Waals surface area (Å²) >= 11 is 0. The van der Waals surface area contributed by atoms with Crippen molar-refractivity contribution in [3.8, 4) is 11.4 Å². The third-order valence-corrected chi connectivity index (χ3v) is 3.03. The molecule has 1 heterocycles. The Kier molecular flexibility index (Phi) is 3.32. The molecule has 0 radical (unpaired) electrons. The van der Waals surface area contributed by atoms with Gasteiger partial charge < -0.3 is 5.32 Å². The SMILES string of the molecule is c1ccc(-c2nnn(CCCNC3CC3)n2)cc1. The van der Waals surface area contributed by atoms with Gasteiger partial charge in [-0.25, -0.2) is 0 Å². The third kappa shape index (κ3) is 2.92. The van der Waals surface area contributed by atoms with Crippen molar-refractivity contribution in [2.45, 2.75) is 31.8 Å². The number of nitrogens with one attached hydrogen (secondary N) is 1. The van der Waals surface area contributed by atoms with Gasteiger partial charge in [-0.2, -0.15) is 4.80 Å². The van der Waals surface area contributed by atoms with Gasteiger partial charge in [0.2, 0.25) is 5.82 Å². The molecule has 0 bridgehead atoms. The molecular weight excluding hydrogens is 226 g/mol. The van der Waals surface area contributed by atoms with Gasteiger partial charge in [0.25, 0.3) is 0 Å². The molecule has 1 N–H and O–H groups in total. The predicted molar refractivity (Wildman–Crippen MR) is 68.9 cm³/mol. The molecule has 18 heavy (non-hydrogen) atoms. The Hall–Kier alpha value is -1.75. The standard InChI is InChI=1S/C13H17N5/c1-2-5-11(6-3-1)13-15-17-18(16-13)10-4-9-14-12-7-8-12/h1-3,5-6,12,14H,4,7-10H2. The molecule has 3 rings (SSSR count). The molecule has 2 aromatic rings. The normalized spacial score (nSPS) is 14.9. The van der Waals surface area contributed by atoms with E-state index in [9.17, 15) is 0 Å².